The SMILES string of the molecule is O=C(NCC1COCCN1C(=O)c1coc(C2CCC2)n1)c1cncc(F)c1. The van der Waals surface area contributed by atoms with E-state index in [1.165, 1.54) is 12.5 Å². The number of aromatic nitrogens is 2. The van der Waals surface area contributed by atoms with E-state index in [9.17, 15) is 14.0 Å². The van der Waals surface area contributed by atoms with Crippen molar-refractivity contribution in [1.82, 2.24) is 20.2 Å². The summed E-state index contributed by atoms with van der Waals surface area (Å²) in [5.41, 5.74) is 0.394. The van der Waals surface area contributed by atoms with Gasteiger partial charge in [-0.25, -0.2) is 9.37 Å². The van der Waals surface area contributed by atoms with Crippen LogP contribution in [0.2, 0.25) is 0 Å². The van der Waals surface area contributed by atoms with E-state index in [1.807, 2.05) is 0 Å². The highest BCUT2D eigenvalue weighted by Crippen LogP contribution is 2.35. The van der Waals surface area contributed by atoms with Crippen molar-refractivity contribution in [1.29, 1.82) is 0 Å². The zero-order valence-corrected chi connectivity index (χ0v) is 15.3. The summed E-state index contributed by atoms with van der Waals surface area (Å²) in [6, 6.07) is 0.760. The first-order valence-corrected chi connectivity index (χ1v) is 9.34. The van der Waals surface area contributed by atoms with E-state index >= 15 is 0 Å². The van der Waals surface area contributed by atoms with E-state index in [-0.39, 0.29) is 29.8 Å². The summed E-state index contributed by atoms with van der Waals surface area (Å²) in [6.45, 7) is 1.28. The maximum absolute atomic E-state index is 13.2. The van der Waals surface area contributed by atoms with Gasteiger partial charge in [0.15, 0.2) is 11.6 Å². The van der Waals surface area contributed by atoms with E-state index < -0.39 is 11.7 Å². The lowest BCUT2D eigenvalue weighted by Crippen LogP contribution is -2.53. The number of ether oxygens (including phenoxy) is 1. The molecule has 1 atom stereocenters. The number of hydrogen-bond donors (Lipinski definition) is 1. The average Bonchev–Trinajstić information content (AvgIpc) is 3.14. The molecule has 2 fully saturated rings. The fourth-order valence-corrected chi connectivity index (χ4v) is 3.32. The number of nitrogens with one attached hydrogen (secondary N) is 1. The Morgan fingerprint density at radius 1 is 1.32 bits per heavy atom. The summed E-state index contributed by atoms with van der Waals surface area (Å²) < 4.78 is 24.2. The molecule has 0 aromatic carbocycles. The van der Waals surface area contributed by atoms with Gasteiger partial charge in [0.2, 0.25) is 0 Å². The highest BCUT2D eigenvalue weighted by Gasteiger charge is 2.32. The minimum Gasteiger partial charge on any atom is -0.448 e. The molecular formula is C19H21FN4O4. The number of oxazole rings is 1. The van der Waals surface area contributed by atoms with Gasteiger partial charge in [-0.15, -0.1) is 0 Å². The predicted octanol–water partition coefficient (Wildman–Crippen LogP) is 1.75. The van der Waals surface area contributed by atoms with Crippen LogP contribution in [0.4, 0.5) is 4.39 Å². The van der Waals surface area contributed by atoms with Crippen LogP contribution >= 0.6 is 0 Å². The van der Waals surface area contributed by atoms with Gasteiger partial charge in [-0.05, 0) is 18.9 Å². The molecule has 2 amide bonds. The normalized spacial score (nSPS) is 19.9. The van der Waals surface area contributed by atoms with Crippen molar-refractivity contribution >= 4 is 11.8 Å². The smallest absolute Gasteiger partial charge is 0.276 e. The van der Waals surface area contributed by atoms with E-state index in [1.54, 1.807) is 4.90 Å². The number of carbonyl (C=O) groups is 2. The minimum atomic E-state index is -0.584. The first kappa shape index (κ1) is 18.5. The molecule has 2 aliphatic rings. The van der Waals surface area contributed by atoms with Gasteiger partial charge in [0.25, 0.3) is 11.8 Å². The van der Waals surface area contributed by atoms with E-state index in [0.29, 0.717) is 31.6 Å². The Kier molecular flexibility index (Phi) is 5.34. The number of carbonyl (C=O) groups excluding carboxylic acids is 2. The number of halogens is 1. The van der Waals surface area contributed by atoms with Crippen LogP contribution < -0.4 is 5.32 Å². The highest BCUT2D eigenvalue weighted by molar-refractivity contribution is 5.94. The van der Waals surface area contributed by atoms with Crippen molar-refractivity contribution < 1.29 is 23.1 Å². The number of amides is 2. The predicted molar refractivity (Wildman–Crippen MR) is 95.3 cm³/mol. The molecule has 0 bridgehead atoms. The molecule has 1 aliphatic carbocycles. The molecule has 1 saturated carbocycles. The van der Waals surface area contributed by atoms with Crippen LogP contribution in [0.1, 0.15) is 51.9 Å². The van der Waals surface area contributed by atoms with Crippen molar-refractivity contribution in [2.45, 2.75) is 31.2 Å². The molecule has 9 heteroatoms. The Morgan fingerprint density at radius 2 is 2.18 bits per heavy atom. The van der Waals surface area contributed by atoms with E-state index in [2.05, 4.69) is 15.3 Å². The third-order valence-electron chi connectivity index (χ3n) is 5.15. The first-order valence-electron chi connectivity index (χ1n) is 9.34. The number of rotatable bonds is 5. The second kappa shape index (κ2) is 8.05. The monoisotopic (exact) mass is 388 g/mol. The van der Waals surface area contributed by atoms with Crippen molar-refractivity contribution in [3.8, 4) is 0 Å². The first-order chi connectivity index (χ1) is 13.6. The third-order valence-corrected chi connectivity index (χ3v) is 5.15. The number of nitrogens with zero attached hydrogens (tertiary/aromatic N) is 3. The number of hydrogen-bond acceptors (Lipinski definition) is 6. The van der Waals surface area contributed by atoms with Gasteiger partial charge in [0.05, 0.1) is 31.0 Å². The summed E-state index contributed by atoms with van der Waals surface area (Å²) in [5.74, 6) is -0.366. The Bertz CT molecular complexity index is 867. The lowest BCUT2D eigenvalue weighted by atomic mass is 9.85. The van der Waals surface area contributed by atoms with Crippen molar-refractivity contribution in [3.63, 3.8) is 0 Å². The lowest BCUT2D eigenvalue weighted by molar-refractivity contribution is -0.00161. The van der Waals surface area contributed by atoms with Gasteiger partial charge in [-0.1, -0.05) is 6.42 Å². The molecule has 28 heavy (non-hydrogen) atoms. The number of morpholine rings is 1. The molecule has 0 radical (unpaired) electrons. The maximum atomic E-state index is 13.2. The molecule has 1 unspecified atom stereocenters. The molecule has 0 spiro atoms. The van der Waals surface area contributed by atoms with Gasteiger partial charge in [-0.3, -0.25) is 14.6 Å². The fraction of sp³-hybridized carbons (Fsp3) is 0.474. The second-order valence-corrected chi connectivity index (χ2v) is 7.03. The van der Waals surface area contributed by atoms with Gasteiger partial charge < -0.3 is 19.4 Å². The quantitative estimate of drug-likeness (QED) is 0.838. The summed E-state index contributed by atoms with van der Waals surface area (Å²) in [4.78, 5) is 34.8. The summed E-state index contributed by atoms with van der Waals surface area (Å²) >= 11 is 0. The summed E-state index contributed by atoms with van der Waals surface area (Å²) in [7, 11) is 0. The highest BCUT2D eigenvalue weighted by atomic mass is 19.1. The van der Waals surface area contributed by atoms with Crippen molar-refractivity contribution in [2.24, 2.45) is 0 Å². The molecule has 8 nitrogen and oxygen atoms in total. The van der Waals surface area contributed by atoms with Crippen LogP contribution in [-0.2, 0) is 4.74 Å². The second-order valence-electron chi connectivity index (χ2n) is 7.03. The van der Waals surface area contributed by atoms with Crippen LogP contribution in [0.3, 0.4) is 0 Å². The summed E-state index contributed by atoms with van der Waals surface area (Å²) in [5, 5.41) is 2.71. The lowest BCUT2D eigenvalue weighted by Gasteiger charge is -2.35. The molecule has 2 aromatic heterocycles. The Labute approximate surface area is 161 Å². The molecule has 1 N–H and O–H groups in total. The zero-order valence-electron chi connectivity index (χ0n) is 15.3. The van der Waals surface area contributed by atoms with Crippen LogP contribution in [0.5, 0.6) is 0 Å². The number of pyridine rings is 1. The van der Waals surface area contributed by atoms with E-state index in [4.69, 9.17) is 9.15 Å². The van der Waals surface area contributed by atoms with Crippen LogP contribution in [0.25, 0.3) is 0 Å². The van der Waals surface area contributed by atoms with Crippen molar-refractivity contribution in [3.05, 3.63) is 47.7 Å². The molecular weight excluding hydrogens is 367 g/mol. The Morgan fingerprint density at radius 3 is 2.93 bits per heavy atom. The molecule has 1 aliphatic heterocycles. The molecule has 2 aromatic rings. The average molecular weight is 388 g/mol. The Hall–Kier alpha value is -2.81. The van der Waals surface area contributed by atoms with Gasteiger partial charge in [-0.2, -0.15) is 0 Å². The van der Waals surface area contributed by atoms with Gasteiger partial charge in [0.1, 0.15) is 12.1 Å². The van der Waals surface area contributed by atoms with Gasteiger partial charge >= 0.3 is 0 Å². The largest absolute Gasteiger partial charge is 0.448 e. The van der Waals surface area contributed by atoms with Crippen molar-refractivity contribution in [2.75, 3.05) is 26.3 Å². The molecule has 4 rings (SSSR count). The van der Waals surface area contributed by atoms with Crippen LogP contribution in [0, 0.1) is 5.82 Å². The van der Waals surface area contributed by atoms with Gasteiger partial charge in [0, 0.05) is 25.2 Å². The molecule has 3 heterocycles. The third kappa shape index (κ3) is 3.89. The minimum absolute atomic E-state index is 0.122. The molecule has 148 valence electrons. The zero-order chi connectivity index (χ0) is 19.5. The topological polar surface area (TPSA) is 97.6 Å². The standard InChI is InChI=1S/C19H21FN4O4/c20-14-6-13(7-21-8-14)17(25)22-9-15-10-27-5-4-24(15)19(26)16-11-28-18(23-16)12-2-1-3-12/h6-8,11-12,15H,1-5,9-10H2,(H,22,25). The van der Waals surface area contributed by atoms with E-state index in [0.717, 1.165) is 31.5 Å². The molecule has 1 saturated heterocycles. The fourth-order valence-electron chi connectivity index (χ4n) is 3.32. The summed E-state index contributed by atoms with van der Waals surface area (Å²) in [6.07, 6.45) is 6.95. The van der Waals surface area contributed by atoms with Crippen LogP contribution in [0.15, 0.2) is 29.1 Å². The Balaban J connectivity index is 1.40. The van der Waals surface area contributed by atoms with Crippen LogP contribution in [-0.4, -0.2) is 59.0 Å². The maximum Gasteiger partial charge on any atom is 0.276 e.